The number of rotatable bonds is 4. The van der Waals surface area contributed by atoms with Crippen molar-refractivity contribution in [3.05, 3.63) is 42.5 Å². The highest BCUT2D eigenvalue weighted by Gasteiger charge is 2.33. The van der Waals surface area contributed by atoms with Crippen LogP contribution < -0.4 is 29.0 Å². The first-order valence-corrected chi connectivity index (χ1v) is 8.89. The SMILES string of the molecule is CC1Oc2ccccc2OC1C(=O)NCC#CCOc1ccc2c(c1)OCO2. The maximum atomic E-state index is 12.3. The van der Waals surface area contributed by atoms with Gasteiger partial charge in [0.25, 0.3) is 5.91 Å². The van der Waals surface area contributed by atoms with Crippen molar-refractivity contribution in [2.24, 2.45) is 0 Å². The van der Waals surface area contributed by atoms with Gasteiger partial charge in [0.15, 0.2) is 23.0 Å². The van der Waals surface area contributed by atoms with Crippen molar-refractivity contribution in [1.82, 2.24) is 5.32 Å². The number of hydrogen-bond acceptors (Lipinski definition) is 6. The Balaban J connectivity index is 1.23. The molecule has 1 N–H and O–H groups in total. The summed E-state index contributed by atoms with van der Waals surface area (Å²) in [6.45, 7) is 2.41. The molecule has 4 rings (SSSR count). The van der Waals surface area contributed by atoms with E-state index < -0.39 is 12.2 Å². The third kappa shape index (κ3) is 3.91. The third-order valence-corrected chi connectivity index (χ3v) is 4.23. The molecule has 2 aliphatic rings. The van der Waals surface area contributed by atoms with Crippen LogP contribution in [0.4, 0.5) is 0 Å². The van der Waals surface area contributed by atoms with Crippen LogP contribution in [0.15, 0.2) is 42.5 Å². The summed E-state index contributed by atoms with van der Waals surface area (Å²) in [5.74, 6) is 8.63. The van der Waals surface area contributed by atoms with Gasteiger partial charge in [-0.1, -0.05) is 24.0 Å². The largest absolute Gasteiger partial charge is 0.482 e. The number of carbonyl (C=O) groups is 1. The van der Waals surface area contributed by atoms with Crippen molar-refractivity contribution in [1.29, 1.82) is 0 Å². The minimum absolute atomic E-state index is 0.192. The molecule has 0 aliphatic carbocycles. The van der Waals surface area contributed by atoms with Crippen LogP contribution in [0.5, 0.6) is 28.7 Å². The van der Waals surface area contributed by atoms with Crippen LogP contribution in [0.3, 0.4) is 0 Å². The fourth-order valence-electron chi connectivity index (χ4n) is 2.84. The van der Waals surface area contributed by atoms with E-state index in [1.807, 2.05) is 18.2 Å². The van der Waals surface area contributed by atoms with Gasteiger partial charge >= 0.3 is 0 Å². The van der Waals surface area contributed by atoms with Crippen LogP contribution in [0.2, 0.25) is 0 Å². The van der Waals surface area contributed by atoms with Gasteiger partial charge in [-0.05, 0) is 31.2 Å². The maximum absolute atomic E-state index is 12.3. The predicted octanol–water partition coefficient (Wildman–Crippen LogP) is 2.14. The van der Waals surface area contributed by atoms with E-state index in [4.69, 9.17) is 23.7 Å². The zero-order valence-electron chi connectivity index (χ0n) is 15.3. The van der Waals surface area contributed by atoms with Crippen molar-refractivity contribution in [2.75, 3.05) is 19.9 Å². The molecule has 7 heteroatoms. The second kappa shape index (κ2) is 8.01. The molecule has 0 aromatic heterocycles. The molecule has 0 spiro atoms. The molecule has 2 aromatic rings. The van der Waals surface area contributed by atoms with Gasteiger partial charge in [0.05, 0.1) is 6.54 Å². The maximum Gasteiger partial charge on any atom is 0.265 e. The molecule has 2 aromatic carbocycles. The number of ether oxygens (including phenoxy) is 5. The van der Waals surface area contributed by atoms with Crippen molar-refractivity contribution >= 4 is 5.91 Å². The Hall–Kier alpha value is -3.53. The van der Waals surface area contributed by atoms with Crippen LogP contribution in [-0.2, 0) is 4.79 Å². The van der Waals surface area contributed by atoms with Gasteiger partial charge in [0, 0.05) is 6.07 Å². The number of fused-ring (bicyclic) bond motifs is 2. The molecule has 7 nitrogen and oxygen atoms in total. The molecule has 0 saturated heterocycles. The number of benzene rings is 2. The molecular formula is C21H19NO6. The van der Waals surface area contributed by atoms with Gasteiger partial charge in [-0.2, -0.15) is 0 Å². The van der Waals surface area contributed by atoms with Gasteiger partial charge in [-0.3, -0.25) is 4.79 Å². The van der Waals surface area contributed by atoms with Crippen LogP contribution in [0.25, 0.3) is 0 Å². The average molecular weight is 381 g/mol. The van der Waals surface area contributed by atoms with Gasteiger partial charge < -0.3 is 29.0 Å². The lowest BCUT2D eigenvalue weighted by molar-refractivity contribution is -0.133. The first-order chi connectivity index (χ1) is 13.7. The van der Waals surface area contributed by atoms with Gasteiger partial charge in [-0.15, -0.1) is 0 Å². The summed E-state index contributed by atoms with van der Waals surface area (Å²) in [4.78, 5) is 12.3. The van der Waals surface area contributed by atoms with Crippen molar-refractivity contribution in [3.63, 3.8) is 0 Å². The molecule has 2 unspecified atom stereocenters. The highest BCUT2D eigenvalue weighted by molar-refractivity contribution is 5.82. The highest BCUT2D eigenvalue weighted by atomic mass is 16.7. The number of hydrogen-bond donors (Lipinski definition) is 1. The second-order valence-corrected chi connectivity index (χ2v) is 6.18. The van der Waals surface area contributed by atoms with E-state index in [2.05, 4.69) is 17.2 Å². The van der Waals surface area contributed by atoms with Crippen LogP contribution >= 0.6 is 0 Å². The lowest BCUT2D eigenvalue weighted by Gasteiger charge is -2.30. The van der Waals surface area contributed by atoms with Gasteiger partial charge in [0.1, 0.15) is 18.5 Å². The van der Waals surface area contributed by atoms with Crippen molar-refractivity contribution in [2.45, 2.75) is 19.1 Å². The summed E-state index contributed by atoms with van der Waals surface area (Å²) in [6.07, 6.45) is -1.11. The van der Waals surface area contributed by atoms with E-state index in [1.165, 1.54) is 0 Å². The van der Waals surface area contributed by atoms with Crippen LogP contribution in [0.1, 0.15) is 6.92 Å². The number of nitrogens with one attached hydrogen (secondary N) is 1. The molecule has 144 valence electrons. The molecule has 0 saturated carbocycles. The first kappa shape index (κ1) is 17.9. The third-order valence-electron chi connectivity index (χ3n) is 4.23. The topological polar surface area (TPSA) is 75.3 Å². The van der Waals surface area contributed by atoms with E-state index in [0.717, 1.165) is 0 Å². The lowest BCUT2D eigenvalue weighted by atomic mass is 10.1. The zero-order chi connectivity index (χ0) is 19.3. The van der Waals surface area contributed by atoms with Crippen molar-refractivity contribution in [3.8, 4) is 40.6 Å². The molecule has 2 atom stereocenters. The van der Waals surface area contributed by atoms with Gasteiger partial charge in [-0.25, -0.2) is 0 Å². The average Bonchev–Trinajstić information content (AvgIpc) is 3.17. The Bertz CT molecular complexity index is 932. The molecule has 28 heavy (non-hydrogen) atoms. The monoisotopic (exact) mass is 381 g/mol. The summed E-state index contributed by atoms with van der Waals surface area (Å²) >= 11 is 0. The summed E-state index contributed by atoms with van der Waals surface area (Å²) < 4.78 is 27.6. The molecule has 0 radical (unpaired) electrons. The van der Waals surface area contributed by atoms with Gasteiger partial charge in [0.2, 0.25) is 12.9 Å². The summed E-state index contributed by atoms with van der Waals surface area (Å²) in [6, 6.07) is 12.6. The number of amides is 1. The molecule has 0 fully saturated rings. The highest BCUT2D eigenvalue weighted by Crippen LogP contribution is 2.35. The van der Waals surface area contributed by atoms with E-state index in [9.17, 15) is 4.79 Å². The smallest absolute Gasteiger partial charge is 0.265 e. The fourth-order valence-corrected chi connectivity index (χ4v) is 2.84. The molecule has 1 amide bonds. The van der Waals surface area contributed by atoms with E-state index in [0.29, 0.717) is 28.7 Å². The Labute approximate surface area is 162 Å². The summed E-state index contributed by atoms with van der Waals surface area (Å²) in [5, 5.41) is 2.74. The van der Waals surface area contributed by atoms with Crippen LogP contribution in [-0.4, -0.2) is 38.1 Å². The zero-order valence-corrected chi connectivity index (χ0v) is 15.3. The lowest BCUT2D eigenvalue weighted by Crippen LogP contribution is -2.49. The molecule has 2 heterocycles. The minimum Gasteiger partial charge on any atom is -0.482 e. The molecular weight excluding hydrogens is 362 g/mol. The quantitative estimate of drug-likeness (QED) is 0.818. The Kier molecular flexibility index (Phi) is 5.11. The van der Waals surface area contributed by atoms with E-state index in [-0.39, 0.29) is 25.9 Å². The number of carbonyl (C=O) groups excluding carboxylic acids is 1. The van der Waals surface area contributed by atoms with E-state index in [1.54, 1.807) is 31.2 Å². The summed E-state index contributed by atoms with van der Waals surface area (Å²) in [5.41, 5.74) is 0. The molecule has 0 bridgehead atoms. The fraction of sp³-hybridized carbons (Fsp3) is 0.286. The Morgan fingerprint density at radius 2 is 1.86 bits per heavy atom. The standard InChI is InChI=1S/C21H19NO6/c1-14-20(28-18-7-3-2-6-17(18)27-14)21(23)22-10-4-5-11-24-15-8-9-16-19(12-15)26-13-25-16/h2-3,6-9,12,14,20H,10-11,13H2,1H3,(H,22,23). The number of para-hydroxylation sites is 2. The normalized spacial score (nSPS) is 18.6. The Morgan fingerprint density at radius 1 is 1.07 bits per heavy atom. The van der Waals surface area contributed by atoms with Crippen LogP contribution in [0, 0.1) is 11.8 Å². The second-order valence-electron chi connectivity index (χ2n) is 6.18. The summed E-state index contributed by atoms with van der Waals surface area (Å²) in [7, 11) is 0. The minimum atomic E-state index is -0.721. The predicted molar refractivity (Wildman–Crippen MR) is 99.8 cm³/mol. The molecule has 2 aliphatic heterocycles. The van der Waals surface area contributed by atoms with Crippen molar-refractivity contribution < 1.29 is 28.5 Å². The Morgan fingerprint density at radius 3 is 2.71 bits per heavy atom. The first-order valence-electron chi connectivity index (χ1n) is 8.89. The van der Waals surface area contributed by atoms with E-state index >= 15 is 0 Å².